The number of aryl methyl sites for hydroxylation is 1. The largest absolute Gasteiger partial charge is 0.488 e. The minimum atomic E-state index is 0.295. The SMILES string of the molecule is Cc1cc(Cl)c(OCCOCCN2C[C@H](C)O[C@@H](C)C2)c(Br)c1. The number of hydrogen-bond donors (Lipinski definition) is 0. The lowest BCUT2D eigenvalue weighted by molar-refractivity contribution is -0.0734. The van der Waals surface area contributed by atoms with Gasteiger partial charge in [0.2, 0.25) is 0 Å². The smallest absolute Gasteiger partial charge is 0.152 e. The Balaban J connectivity index is 1.63. The number of hydrogen-bond acceptors (Lipinski definition) is 4. The molecule has 130 valence electrons. The van der Waals surface area contributed by atoms with Gasteiger partial charge in [-0.25, -0.2) is 0 Å². The molecule has 0 aliphatic carbocycles. The molecule has 0 spiro atoms. The van der Waals surface area contributed by atoms with Gasteiger partial charge in [0.1, 0.15) is 6.61 Å². The van der Waals surface area contributed by atoms with Crippen molar-refractivity contribution >= 4 is 27.5 Å². The third kappa shape index (κ3) is 6.24. The first-order valence-electron chi connectivity index (χ1n) is 7.99. The molecule has 1 aromatic rings. The van der Waals surface area contributed by atoms with Crippen LogP contribution in [-0.2, 0) is 9.47 Å². The first-order valence-corrected chi connectivity index (χ1v) is 9.17. The quantitative estimate of drug-likeness (QED) is 0.642. The standard InChI is InChI=1S/C17H25BrClNO3/c1-12-8-15(18)17(16(19)9-12)22-7-6-21-5-4-20-10-13(2)23-14(3)11-20/h8-9,13-14H,4-7,10-11H2,1-3H3/t13-,14-/m0/s1. The Labute approximate surface area is 152 Å². The van der Waals surface area contributed by atoms with E-state index in [1.807, 2.05) is 19.1 Å². The van der Waals surface area contributed by atoms with Crippen molar-refractivity contribution < 1.29 is 14.2 Å². The average Bonchev–Trinajstić information content (AvgIpc) is 2.43. The van der Waals surface area contributed by atoms with E-state index in [0.717, 1.165) is 29.7 Å². The predicted molar refractivity (Wildman–Crippen MR) is 96.7 cm³/mol. The fourth-order valence-corrected chi connectivity index (χ4v) is 3.92. The molecule has 1 aliphatic rings. The normalized spacial score (nSPS) is 22.3. The van der Waals surface area contributed by atoms with E-state index in [-0.39, 0.29) is 0 Å². The second kappa shape index (κ2) is 9.23. The number of ether oxygens (including phenoxy) is 3. The Morgan fingerprint density at radius 1 is 1.22 bits per heavy atom. The van der Waals surface area contributed by atoms with Gasteiger partial charge >= 0.3 is 0 Å². The zero-order chi connectivity index (χ0) is 16.8. The average molecular weight is 407 g/mol. The first kappa shape index (κ1) is 19.0. The fourth-order valence-electron chi connectivity index (χ4n) is 2.79. The molecule has 2 rings (SSSR count). The third-order valence-corrected chi connectivity index (χ3v) is 4.53. The topological polar surface area (TPSA) is 30.9 Å². The van der Waals surface area contributed by atoms with Crippen molar-refractivity contribution in [3.8, 4) is 5.75 Å². The molecule has 2 atom stereocenters. The summed E-state index contributed by atoms with van der Waals surface area (Å²) in [6.45, 7) is 10.8. The zero-order valence-corrected chi connectivity index (χ0v) is 16.3. The van der Waals surface area contributed by atoms with Gasteiger partial charge in [0, 0.05) is 19.6 Å². The minimum absolute atomic E-state index is 0.295. The Morgan fingerprint density at radius 2 is 1.91 bits per heavy atom. The number of halogens is 2. The number of morpholine rings is 1. The predicted octanol–water partition coefficient (Wildman–Crippen LogP) is 3.92. The molecule has 1 fully saturated rings. The van der Waals surface area contributed by atoms with Gasteiger partial charge in [0.25, 0.3) is 0 Å². The van der Waals surface area contributed by atoms with E-state index < -0.39 is 0 Å². The van der Waals surface area contributed by atoms with Crippen LogP contribution in [0, 0.1) is 6.92 Å². The number of rotatable bonds is 7. The summed E-state index contributed by atoms with van der Waals surface area (Å²) in [5.41, 5.74) is 1.10. The van der Waals surface area contributed by atoms with Crippen LogP contribution in [0.4, 0.5) is 0 Å². The lowest BCUT2D eigenvalue weighted by atomic mass is 10.2. The maximum atomic E-state index is 6.19. The molecule has 4 nitrogen and oxygen atoms in total. The number of nitrogens with zero attached hydrogens (tertiary/aromatic N) is 1. The highest BCUT2D eigenvalue weighted by atomic mass is 79.9. The lowest BCUT2D eigenvalue weighted by Crippen LogP contribution is -2.46. The van der Waals surface area contributed by atoms with Crippen LogP contribution in [0.25, 0.3) is 0 Å². The van der Waals surface area contributed by atoms with Gasteiger partial charge < -0.3 is 14.2 Å². The van der Waals surface area contributed by atoms with Crippen LogP contribution in [0.15, 0.2) is 16.6 Å². The second-order valence-corrected chi connectivity index (χ2v) is 7.30. The van der Waals surface area contributed by atoms with Crippen molar-refractivity contribution in [3.63, 3.8) is 0 Å². The van der Waals surface area contributed by atoms with Gasteiger partial charge in [-0.15, -0.1) is 0 Å². The molecule has 6 heteroatoms. The van der Waals surface area contributed by atoms with Crippen LogP contribution in [0.5, 0.6) is 5.75 Å². The van der Waals surface area contributed by atoms with Crippen LogP contribution in [0.1, 0.15) is 19.4 Å². The first-order chi connectivity index (χ1) is 11.0. The second-order valence-electron chi connectivity index (χ2n) is 6.04. The summed E-state index contributed by atoms with van der Waals surface area (Å²) < 4.78 is 18.0. The van der Waals surface area contributed by atoms with Crippen molar-refractivity contribution in [1.82, 2.24) is 4.90 Å². The number of benzene rings is 1. The van der Waals surface area contributed by atoms with Gasteiger partial charge in [-0.1, -0.05) is 11.6 Å². The maximum Gasteiger partial charge on any atom is 0.152 e. The van der Waals surface area contributed by atoms with Crippen molar-refractivity contribution in [3.05, 3.63) is 27.2 Å². The molecule has 23 heavy (non-hydrogen) atoms. The Bertz CT molecular complexity index is 482. The van der Waals surface area contributed by atoms with E-state index in [4.69, 9.17) is 25.8 Å². The van der Waals surface area contributed by atoms with E-state index in [0.29, 0.717) is 42.8 Å². The zero-order valence-electron chi connectivity index (χ0n) is 14.0. The molecule has 0 radical (unpaired) electrons. The van der Waals surface area contributed by atoms with Crippen LogP contribution < -0.4 is 4.74 Å². The van der Waals surface area contributed by atoms with Gasteiger partial charge in [-0.3, -0.25) is 4.90 Å². The monoisotopic (exact) mass is 405 g/mol. The summed E-state index contributed by atoms with van der Waals surface area (Å²) in [5, 5.41) is 0.619. The van der Waals surface area contributed by atoms with E-state index in [9.17, 15) is 0 Å². The summed E-state index contributed by atoms with van der Waals surface area (Å²) in [6.07, 6.45) is 0.589. The van der Waals surface area contributed by atoms with Crippen LogP contribution in [0.3, 0.4) is 0 Å². The van der Waals surface area contributed by atoms with E-state index in [2.05, 4.69) is 34.7 Å². The van der Waals surface area contributed by atoms with Crippen molar-refractivity contribution in [2.45, 2.75) is 33.0 Å². The molecular formula is C17H25BrClNO3. The summed E-state index contributed by atoms with van der Waals surface area (Å²) in [5.74, 6) is 0.677. The van der Waals surface area contributed by atoms with Crippen LogP contribution >= 0.6 is 27.5 Å². The maximum absolute atomic E-state index is 6.19. The van der Waals surface area contributed by atoms with Crippen molar-refractivity contribution in [2.24, 2.45) is 0 Å². The Kier molecular flexibility index (Phi) is 7.63. The molecule has 0 unspecified atom stereocenters. The third-order valence-electron chi connectivity index (χ3n) is 3.66. The Morgan fingerprint density at radius 3 is 2.57 bits per heavy atom. The molecule has 1 saturated heterocycles. The van der Waals surface area contributed by atoms with Crippen LogP contribution in [-0.4, -0.2) is 56.6 Å². The molecule has 1 aromatic carbocycles. The molecule has 0 bridgehead atoms. The Hall–Kier alpha value is -0.330. The molecule has 0 aromatic heterocycles. The molecule has 1 aliphatic heterocycles. The molecule has 0 amide bonds. The summed E-state index contributed by atoms with van der Waals surface area (Å²) >= 11 is 9.66. The van der Waals surface area contributed by atoms with E-state index >= 15 is 0 Å². The highest BCUT2D eigenvalue weighted by molar-refractivity contribution is 9.10. The molecular weight excluding hydrogens is 382 g/mol. The highest BCUT2D eigenvalue weighted by Gasteiger charge is 2.21. The van der Waals surface area contributed by atoms with Crippen LogP contribution in [0.2, 0.25) is 5.02 Å². The fraction of sp³-hybridized carbons (Fsp3) is 0.647. The lowest BCUT2D eigenvalue weighted by Gasteiger charge is -2.35. The molecule has 0 saturated carbocycles. The summed E-state index contributed by atoms with van der Waals surface area (Å²) in [4.78, 5) is 2.38. The van der Waals surface area contributed by atoms with E-state index in [1.54, 1.807) is 0 Å². The van der Waals surface area contributed by atoms with Crippen molar-refractivity contribution in [2.75, 3.05) is 39.5 Å². The van der Waals surface area contributed by atoms with E-state index in [1.165, 1.54) is 0 Å². The van der Waals surface area contributed by atoms with Gasteiger partial charge in [-0.05, 0) is 54.4 Å². The van der Waals surface area contributed by atoms with Crippen molar-refractivity contribution in [1.29, 1.82) is 0 Å². The van der Waals surface area contributed by atoms with Gasteiger partial charge in [0.05, 0.1) is 34.9 Å². The van der Waals surface area contributed by atoms with Gasteiger partial charge in [0.15, 0.2) is 5.75 Å². The highest BCUT2D eigenvalue weighted by Crippen LogP contribution is 2.34. The summed E-state index contributed by atoms with van der Waals surface area (Å²) in [6, 6.07) is 3.88. The van der Waals surface area contributed by atoms with Gasteiger partial charge in [-0.2, -0.15) is 0 Å². The molecule has 1 heterocycles. The molecule has 0 N–H and O–H groups in total. The minimum Gasteiger partial charge on any atom is -0.488 e. The summed E-state index contributed by atoms with van der Waals surface area (Å²) in [7, 11) is 0.